The van der Waals surface area contributed by atoms with E-state index in [2.05, 4.69) is 9.97 Å². The van der Waals surface area contributed by atoms with Crippen molar-refractivity contribution >= 4 is 0 Å². The summed E-state index contributed by atoms with van der Waals surface area (Å²) in [7, 11) is 0. The zero-order valence-corrected chi connectivity index (χ0v) is 9.74. The number of halogens is 1. The van der Waals surface area contributed by atoms with Crippen molar-refractivity contribution in [1.29, 1.82) is 0 Å². The Morgan fingerprint density at radius 1 is 1.18 bits per heavy atom. The monoisotopic (exact) mass is 232 g/mol. The number of hydrogen-bond donors (Lipinski definition) is 1. The number of aliphatic hydroxyl groups excluding tert-OH is 1. The van der Waals surface area contributed by atoms with Crippen LogP contribution in [-0.2, 0) is 6.61 Å². The van der Waals surface area contributed by atoms with Crippen LogP contribution in [0.3, 0.4) is 0 Å². The van der Waals surface area contributed by atoms with Crippen molar-refractivity contribution in [3.05, 3.63) is 47.0 Å². The zero-order chi connectivity index (χ0) is 12.4. The zero-order valence-electron chi connectivity index (χ0n) is 9.74. The lowest BCUT2D eigenvalue weighted by atomic mass is 10.1. The smallest absolute Gasteiger partial charge is 0.159 e. The summed E-state index contributed by atoms with van der Waals surface area (Å²) in [5.41, 5.74) is 2.65. The summed E-state index contributed by atoms with van der Waals surface area (Å²) in [5, 5.41) is 9.08. The van der Waals surface area contributed by atoms with Crippen molar-refractivity contribution in [2.24, 2.45) is 0 Å². The average molecular weight is 232 g/mol. The fourth-order valence-electron chi connectivity index (χ4n) is 1.63. The van der Waals surface area contributed by atoms with Crippen LogP contribution >= 0.6 is 0 Å². The highest BCUT2D eigenvalue weighted by atomic mass is 19.1. The van der Waals surface area contributed by atoms with Crippen molar-refractivity contribution < 1.29 is 9.50 Å². The molecule has 0 aliphatic carbocycles. The third-order valence-corrected chi connectivity index (χ3v) is 2.49. The Kier molecular flexibility index (Phi) is 3.15. The maximum Gasteiger partial charge on any atom is 0.159 e. The molecule has 0 bridgehead atoms. The molecule has 0 spiro atoms. The van der Waals surface area contributed by atoms with Gasteiger partial charge in [-0.15, -0.1) is 0 Å². The summed E-state index contributed by atoms with van der Waals surface area (Å²) in [6.45, 7) is 3.40. The maximum atomic E-state index is 13.2. The van der Waals surface area contributed by atoms with Gasteiger partial charge in [-0.25, -0.2) is 14.4 Å². The second-order valence-corrected chi connectivity index (χ2v) is 3.95. The fourth-order valence-corrected chi connectivity index (χ4v) is 1.63. The Labute approximate surface area is 99.0 Å². The van der Waals surface area contributed by atoms with E-state index in [4.69, 9.17) is 5.11 Å². The van der Waals surface area contributed by atoms with Crippen LogP contribution in [0.4, 0.5) is 4.39 Å². The normalized spacial score (nSPS) is 10.6. The van der Waals surface area contributed by atoms with Gasteiger partial charge in [0.25, 0.3) is 0 Å². The minimum absolute atomic E-state index is 0.128. The van der Waals surface area contributed by atoms with Gasteiger partial charge in [0, 0.05) is 11.3 Å². The Balaban J connectivity index is 2.52. The van der Waals surface area contributed by atoms with Gasteiger partial charge in [0.05, 0.1) is 12.3 Å². The van der Waals surface area contributed by atoms with Gasteiger partial charge in [-0.2, -0.15) is 0 Å². The molecule has 0 saturated heterocycles. The predicted octanol–water partition coefficient (Wildman–Crippen LogP) is 2.39. The Morgan fingerprint density at radius 3 is 2.59 bits per heavy atom. The van der Waals surface area contributed by atoms with Crippen molar-refractivity contribution in [2.45, 2.75) is 20.5 Å². The van der Waals surface area contributed by atoms with E-state index in [1.165, 1.54) is 6.07 Å². The van der Waals surface area contributed by atoms with Gasteiger partial charge in [-0.1, -0.05) is 0 Å². The van der Waals surface area contributed by atoms with Crippen molar-refractivity contribution in [3.8, 4) is 11.4 Å². The molecule has 0 aliphatic rings. The van der Waals surface area contributed by atoms with E-state index in [1.54, 1.807) is 25.1 Å². The standard InChI is InChI=1S/C13H13FN2O/c1-8-5-10(3-4-12(8)14)13-15-9(2)6-11(7-17)16-13/h3-6,17H,7H2,1-2H3. The summed E-state index contributed by atoms with van der Waals surface area (Å²) >= 11 is 0. The number of benzene rings is 1. The molecule has 0 saturated carbocycles. The van der Waals surface area contributed by atoms with E-state index in [9.17, 15) is 4.39 Å². The number of aryl methyl sites for hydroxylation is 2. The quantitative estimate of drug-likeness (QED) is 0.864. The molecule has 1 heterocycles. The van der Waals surface area contributed by atoms with Gasteiger partial charge in [0.2, 0.25) is 0 Å². The van der Waals surface area contributed by atoms with Gasteiger partial charge < -0.3 is 5.11 Å². The van der Waals surface area contributed by atoms with Crippen LogP contribution < -0.4 is 0 Å². The molecule has 1 aromatic carbocycles. The van der Waals surface area contributed by atoms with Crippen LogP contribution in [-0.4, -0.2) is 15.1 Å². The second-order valence-electron chi connectivity index (χ2n) is 3.95. The number of aliphatic hydroxyl groups is 1. The molecule has 17 heavy (non-hydrogen) atoms. The lowest BCUT2D eigenvalue weighted by Gasteiger charge is -2.05. The van der Waals surface area contributed by atoms with Crippen molar-refractivity contribution in [1.82, 2.24) is 9.97 Å². The molecule has 0 unspecified atom stereocenters. The largest absolute Gasteiger partial charge is 0.390 e. The van der Waals surface area contributed by atoms with E-state index in [0.29, 0.717) is 17.1 Å². The molecule has 1 aromatic heterocycles. The lowest BCUT2D eigenvalue weighted by molar-refractivity contribution is 0.276. The number of rotatable bonds is 2. The van der Waals surface area contributed by atoms with Crippen LogP contribution in [0.15, 0.2) is 24.3 Å². The van der Waals surface area contributed by atoms with Gasteiger partial charge in [-0.3, -0.25) is 0 Å². The molecule has 0 atom stereocenters. The molecule has 0 radical (unpaired) electrons. The van der Waals surface area contributed by atoms with Gasteiger partial charge in [0.1, 0.15) is 5.82 Å². The van der Waals surface area contributed by atoms with E-state index < -0.39 is 0 Å². The number of hydrogen-bond acceptors (Lipinski definition) is 3. The molecule has 0 amide bonds. The van der Waals surface area contributed by atoms with Gasteiger partial charge >= 0.3 is 0 Å². The topological polar surface area (TPSA) is 46.0 Å². The molecule has 4 heteroatoms. The van der Waals surface area contributed by atoms with Gasteiger partial charge in [-0.05, 0) is 43.7 Å². The average Bonchev–Trinajstić information content (AvgIpc) is 2.32. The predicted molar refractivity (Wildman–Crippen MR) is 62.8 cm³/mol. The first-order valence-electron chi connectivity index (χ1n) is 5.32. The molecule has 2 rings (SSSR count). The summed E-state index contributed by atoms with van der Waals surface area (Å²) < 4.78 is 13.2. The highest BCUT2D eigenvalue weighted by Crippen LogP contribution is 2.19. The Bertz CT molecular complexity index is 555. The molecule has 3 nitrogen and oxygen atoms in total. The number of aromatic nitrogens is 2. The third-order valence-electron chi connectivity index (χ3n) is 2.49. The van der Waals surface area contributed by atoms with Crippen LogP contribution in [0.2, 0.25) is 0 Å². The summed E-state index contributed by atoms with van der Waals surface area (Å²) in [6.07, 6.45) is 0. The van der Waals surface area contributed by atoms with Crippen LogP contribution in [0.1, 0.15) is 17.0 Å². The van der Waals surface area contributed by atoms with Crippen LogP contribution in [0.5, 0.6) is 0 Å². The highest BCUT2D eigenvalue weighted by Gasteiger charge is 2.06. The summed E-state index contributed by atoms with van der Waals surface area (Å²) in [5.74, 6) is 0.265. The minimum Gasteiger partial charge on any atom is -0.390 e. The van der Waals surface area contributed by atoms with Crippen LogP contribution in [0.25, 0.3) is 11.4 Å². The van der Waals surface area contributed by atoms with Crippen molar-refractivity contribution in [3.63, 3.8) is 0 Å². The fraction of sp³-hybridized carbons (Fsp3) is 0.231. The molecular weight excluding hydrogens is 219 g/mol. The summed E-state index contributed by atoms with van der Waals surface area (Å²) in [4.78, 5) is 8.49. The first kappa shape index (κ1) is 11.7. The third kappa shape index (κ3) is 2.47. The highest BCUT2D eigenvalue weighted by molar-refractivity contribution is 5.56. The minimum atomic E-state index is -0.246. The number of nitrogens with zero attached hydrogens (tertiary/aromatic N) is 2. The second kappa shape index (κ2) is 4.59. The van der Waals surface area contributed by atoms with Crippen molar-refractivity contribution in [2.75, 3.05) is 0 Å². The van der Waals surface area contributed by atoms with Crippen LogP contribution in [0, 0.1) is 19.7 Å². The first-order chi connectivity index (χ1) is 8.10. The van der Waals surface area contributed by atoms with E-state index in [1.807, 2.05) is 6.92 Å². The molecule has 2 aromatic rings. The van der Waals surface area contributed by atoms with E-state index in [-0.39, 0.29) is 12.4 Å². The molecule has 1 N–H and O–H groups in total. The molecule has 0 fully saturated rings. The SMILES string of the molecule is Cc1cc(CO)nc(-c2ccc(F)c(C)c2)n1. The molecular formula is C13H13FN2O. The molecule has 0 aliphatic heterocycles. The van der Waals surface area contributed by atoms with E-state index in [0.717, 1.165) is 11.3 Å². The van der Waals surface area contributed by atoms with E-state index >= 15 is 0 Å². The van der Waals surface area contributed by atoms with Gasteiger partial charge in [0.15, 0.2) is 5.82 Å². The summed E-state index contributed by atoms with van der Waals surface area (Å²) in [6, 6.07) is 6.46. The maximum absolute atomic E-state index is 13.2. The lowest BCUT2D eigenvalue weighted by Crippen LogP contribution is -1.98. The Morgan fingerprint density at radius 2 is 1.94 bits per heavy atom. The molecule has 88 valence electrons. The Hall–Kier alpha value is -1.81. The first-order valence-corrected chi connectivity index (χ1v) is 5.32.